The normalized spacial score (nSPS) is 23.1. The molecule has 6 nitrogen and oxygen atoms in total. The van der Waals surface area contributed by atoms with Gasteiger partial charge in [-0.15, -0.1) is 0 Å². The summed E-state index contributed by atoms with van der Waals surface area (Å²) in [5.41, 5.74) is -0.693. The first-order valence-corrected chi connectivity index (χ1v) is 11.9. The SMILES string of the molecule is CCc1ccc([C@@H]2[C@H](S(=O)(=O)c3ccc(Cl)cc3)[C@@]2(C=O)NC(=O)OC(C)(C)C)cc1. The van der Waals surface area contributed by atoms with Crippen molar-refractivity contribution < 1.29 is 22.7 Å². The lowest BCUT2D eigenvalue weighted by atomic mass is 10.0. The second-order valence-corrected chi connectivity index (χ2v) is 11.2. The Kier molecular flexibility index (Phi) is 6.22. The van der Waals surface area contributed by atoms with Crippen LogP contribution in [-0.2, 0) is 25.8 Å². The molecule has 0 spiro atoms. The Bertz CT molecular complexity index is 1070. The molecule has 0 unspecified atom stereocenters. The largest absolute Gasteiger partial charge is 0.444 e. The summed E-state index contributed by atoms with van der Waals surface area (Å²) in [6.45, 7) is 7.08. The lowest BCUT2D eigenvalue weighted by Gasteiger charge is -2.22. The molecule has 0 heterocycles. The predicted octanol–water partition coefficient (Wildman–Crippen LogP) is 4.30. The molecule has 2 aromatic carbocycles. The van der Waals surface area contributed by atoms with E-state index in [4.69, 9.17) is 16.3 Å². The van der Waals surface area contributed by atoms with Crippen LogP contribution in [0.15, 0.2) is 53.4 Å². The minimum absolute atomic E-state index is 0.0341. The summed E-state index contributed by atoms with van der Waals surface area (Å²) < 4.78 is 32.2. The van der Waals surface area contributed by atoms with Gasteiger partial charge in [0.25, 0.3) is 0 Å². The first-order chi connectivity index (χ1) is 14.4. The number of halogens is 1. The molecule has 1 aliphatic rings. The van der Waals surface area contributed by atoms with Crippen LogP contribution >= 0.6 is 11.6 Å². The third-order valence-corrected chi connectivity index (χ3v) is 7.83. The molecule has 2 aromatic rings. The van der Waals surface area contributed by atoms with E-state index < -0.39 is 38.2 Å². The zero-order valence-corrected chi connectivity index (χ0v) is 19.5. The predicted molar refractivity (Wildman–Crippen MR) is 119 cm³/mol. The van der Waals surface area contributed by atoms with Crippen molar-refractivity contribution in [3.05, 3.63) is 64.7 Å². The number of alkyl carbamates (subject to hydrolysis) is 1. The van der Waals surface area contributed by atoms with Crippen LogP contribution in [0.5, 0.6) is 0 Å². The van der Waals surface area contributed by atoms with Crippen LogP contribution in [0.3, 0.4) is 0 Å². The monoisotopic (exact) mass is 463 g/mol. The Labute approximate surface area is 187 Å². The molecule has 0 bridgehead atoms. The van der Waals surface area contributed by atoms with Crippen LogP contribution in [-0.4, -0.2) is 37.2 Å². The van der Waals surface area contributed by atoms with Gasteiger partial charge in [0.05, 0.1) is 4.90 Å². The fraction of sp³-hybridized carbons (Fsp3) is 0.391. The molecule has 0 radical (unpaired) electrons. The van der Waals surface area contributed by atoms with Crippen LogP contribution in [0.1, 0.15) is 44.7 Å². The maximum atomic E-state index is 13.5. The topological polar surface area (TPSA) is 89.5 Å². The van der Waals surface area contributed by atoms with E-state index in [-0.39, 0.29) is 4.90 Å². The van der Waals surface area contributed by atoms with Gasteiger partial charge in [0.2, 0.25) is 0 Å². The van der Waals surface area contributed by atoms with E-state index >= 15 is 0 Å². The fourth-order valence-electron chi connectivity index (χ4n) is 3.79. The van der Waals surface area contributed by atoms with Gasteiger partial charge >= 0.3 is 6.09 Å². The molecule has 8 heteroatoms. The Hall–Kier alpha value is -2.38. The fourth-order valence-corrected chi connectivity index (χ4v) is 6.16. The quantitative estimate of drug-likeness (QED) is 0.645. The minimum atomic E-state index is -3.96. The maximum absolute atomic E-state index is 13.5. The number of ether oxygens (including phenoxy) is 1. The molecular weight excluding hydrogens is 438 g/mol. The van der Waals surface area contributed by atoms with Crippen molar-refractivity contribution in [2.45, 2.75) is 61.3 Å². The number of carbonyl (C=O) groups is 2. The molecule has 0 saturated heterocycles. The summed E-state index contributed by atoms with van der Waals surface area (Å²) in [4.78, 5) is 24.8. The Balaban J connectivity index is 2.04. The van der Waals surface area contributed by atoms with Gasteiger partial charge < -0.3 is 14.8 Å². The van der Waals surface area contributed by atoms with Crippen molar-refractivity contribution in [3.63, 3.8) is 0 Å². The average Bonchev–Trinajstić information content (AvgIpc) is 3.36. The maximum Gasteiger partial charge on any atom is 0.408 e. The molecule has 3 atom stereocenters. The number of sulfone groups is 1. The second kappa shape index (κ2) is 8.28. The highest BCUT2D eigenvalue weighted by atomic mass is 35.5. The number of rotatable bonds is 6. The summed E-state index contributed by atoms with van der Waals surface area (Å²) in [6.07, 6.45) is 0.489. The van der Waals surface area contributed by atoms with Gasteiger partial charge in [-0.3, -0.25) is 0 Å². The molecule has 0 aliphatic heterocycles. The minimum Gasteiger partial charge on any atom is -0.444 e. The highest BCUT2D eigenvalue weighted by Crippen LogP contribution is 2.56. The summed E-state index contributed by atoms with van der Waals surface area (Å²) in [5.74, 6) is -0.746. The summed E-state index contributed by atoms with van der Waals surface area (Å²) in [6, 6.07) is 13.1. The van der Waals surface area contributed by atoms with Crippen LogP contribution in [0.2, 0.25) is 5.02 Å². The van der Waals surface area contributed by atoms with Gasteiger partial charge in [0.15, 0.2) is 9.84 Å². The van der Waals surface area contributed by atoms with Gasteiger partial charge in [0, 0.05) is 10.9 Å². The number of aldehydes is 1. The molecule has 166 valence electrons. The lowest BCUT2D eigenvalue weighted by Crippen LogP contribution is -2.45. The smallest absolute Gasteiger partial charge is 0.408 e. The van der Waals surface area contributed by atoms with E-state index in [1.54, 1.807) is 32.9 Å². The number of aryl methyl sites for hydroxylation is 1. The van der Waals surface area contributed by atoms with E-state index in [0.717, 1.165) is 12.0 Å². The third-order valence-electron chi connectivity index (χ3n) is 5.32. The number of hydrogen-bond acceptors (Lipinski definition) is 5. The van der Waals surface area contributed by atoms with E-state index in [1.165, 1.54) is 24.3 Å². The van der Waals surface area contributed by atoms with E-state index in [1.807, 2.05) is 19.1 Å². The van der Waals surface area contributed by atoms with E-state index in [2.05, 4.69) is 5.32 Å². The van der Waals surface area contributed by atoms with Crippen molar-refractivity contribution in [3.8, 4) is 0 Å². The van der Waals surface area contributed by atoms with Gasteiger partial charge in [-0.25, -0.2) is 13.2 Å². The van der Waals surface area contributed by atoms with Crippen molar-refractivity contribution >= 4 is 33.8 Å². The Morgan fingerprint density at radius 2 is 1.71 bits per heavy atom. The zero-order chi connectivity index (χ0) is 23.0. The van der Waals surface area contributed by atoms with Crippen LogP contribution < -0.4 is 5.32 Å². The standard InChI is InChI=1S/C23H26ClNO5S/c1-5-15-6-8-16(9-7-15)19-20(31(28,29)18-12-10-17(24)11-13-18)23(19,14-26)25-21(27)30-22(2,3)4/h6-14,19-20H,5H2,1-4H3,(H,25,27)/t19-,20+,23+/m1/s1. The summed E-state index contributed by atoms with van der Waals surface area (Å²) in [5, 5.41) is 1.78. The number of carbonyl (C=O) groups excluding carboxylic acids is 2. The Morgan fingerprint density at radius 3 is 2.19 bits per heavy atom. The van der Waals surface area contributed by atoms with Crippen LogP contribution in [0.25, 0.3) is 0 Å². The van der Waals surface area contributed by atoms with Gasteiger partial charge in [-0.2, -0.15) is 0 Å². The Morgan fingerprint density at radius 1 is 1.13 bits per heavy atom. The molecule has 1 aliphatic carbocycles. The number of hydrogen-bond donors (Lipinski definition) is 1. The molecule has 3 rings (SSSR count). The second-order valence-electron chi connectivity index (χ2n) is 8.67. The number of amides is 1. The number of nitrogens with one attached hydrogen (secondary N) is 1. The average molecular weight is 464 g/mol. The van der Waals surface area contributed by atoms with Crippen molar-refractivity contribution in [1.29, 1.82) is 0 Å². The molecule has 1 saturated carbocycles. The van der Waals surface area contributed by atoms with E-state index in [0.29, 0.717) is 16.9 Å². The van der Waals surface area contributed by atoms with E-state index in [9.17, 15) is 18.0 Å². The molecule has 1 amide bonds. The van der Waals surface area contributed by atoms with Gasteiger partial charge in [0.1, 0.15) is 22.7 Å². The van der Waals surface area contributed by atoms with Crippen molar-refractivity contribution in [1.82, 2.24) is 5.32 Å². The molecular formula is C23H26ClNO5S. The summed E-state index contributed by atoms with van der Waals surface area (Å²) >= 11 is 5.90. The lowest BCUT2D eigenvalue weighted by molar-refractivity contribution is -0.110. The first kappa shape index (κ1) is 23.3. The van der Waals surface area contributed by atoms with Gasteiger partial charge in [-0.05, 0) is 62.6 Å². The van der Waals surface area contributed by atoms with Crippen molar-refractivity contribution in [2.75, 3.05) is 0 Å². The highest BCUT2D eigenvalue weighted by Gasteiger charge is 2.73. The molecule has 0 aromatic heterocycles. The summed E-state index contributed by atoms with van der Waals surface area (Å²) in [7, 11) is -3.96. The van der Waals surface area contributed by atoms with Crippen LogP contribution in [0.4, 0.5) is 4.79 Å². The first-order valence-electron chi connectivity index (χ1n) is 10.0. The third kappa shape index (κ3) is 4.62. The zero-order valence-electron chi connectivity index (χ0n) is 17.9. The van der Waals surface area contributed by atoms with Gasteiger partial charge in [-0.1, -0.05) is 42.8 Å². The molecule has 1 fully saturated rings. The molecule has 1 N–H and O–H groups in total. The highest BCUT2D eigenvalue weighted by molar-refractivity contribution is 7.92. The number of benzene rings is 2. The van der Waals surface area contributed by atoms with Crippen LogP contribution in [0, 0.1) is 0 Å². The van der Waals surface area contributed by atoms with Crippen molar-refractivity contribution in [2.24, 2.45) is 0 Å². The molecule has 31 heavy (non-hydrogen) atoms.